The number of Topliss-reactive ketones (excluding diaryl/α,β-unsaturated/α-hetero) is 2. The quantitative estimate of drug-likeness (QED) is 0.234. The first-order valence-corrected chi connectivity index (χ1v) is 12.2. The monoisotopic (exact) mass is 541 g/mol. The van der Waals surface area contributed by atoms with Gasteiger partial charge >= 0.3 is 0 Å². The Morgan fingerprint density at radius 1 is 0.622 bits per heavy atom. The van der Waals surface area contributed by atoms with Gasteiger partial charge in [0.15, 0.2) is 0 Å². The molecule has 1 aromatic heterocycles. The van der Waals surface area contributed by atoms with Crippen molar-refractivity contribution in [2.24, 2.45) is 9.98 Å². The van der Waals surface area contributed by atoms with Crippen LogP contribution in [0.5, 0.6) is 0 Å². The first-order chi connectivity index (χ1) is 17.0. The van der Waals surface area contributed by atoms with E-state index in [1.54, 1.807) is 0 Å². The fourth-order valence-electron chi connectivity index (χ4n) is 3.07. The third-order valence-corrected chi connectivity index (χ3v) is 4.58. The summed E-state index contributed by atoms with van der Waals surface area (Å²) in [6.07, 6.45) is 3.64. The molecule has 0 aliphatic rings. The zero-order chi connectivity index (χ0) is 27.1. The van der Waals surface area contributed by atoms with Gasteiger partial charge in [-0.1, -0.05) is 70.2 Å². The van der Waals surface area contributed by atoms with E-state index in [4.69, 9.17) is 0 Å². The molecule has 198 valence electrons. The molecule has 0 amide bonds. The Morgan fingerprint density at radius 2 is 0.946 bits per heavy atom. The Balaban J connectivity index is 0.00000127. The van der Waals surface area contributed by atoms with Crippen LogP contribution in [0.3, 0.4) is 0 Å². The number of aliphatic imine (C=N–C) groups is 2. The fourth-order valence-corrected chi connectivity index (χ4v) is 3.07. The van der Waals surface area contributed by atoms with Gasteiger partial charge in [0.05, 0.1) is 35.2 Å². The number of para-hydroxylation sites is 2. The number of benzene rings is 2. The van der Waals surface area contributed by atoms with E-state index in [0.29, 0.717) is 11.8 Å². The number of carbonyl (C=O) groups excluding carboxylic acids is 2. The minimum absolute atomic E-state index is 0. The average molecular weight is 542 g/mol. The Hall–Kier alpha value is -3.21. The molecule has 0 bridgehead atoms. The van der Waals surface area contributed by atoms with Gasteiger partial charge in [0.25, 0.3) is 0 Å². The molecule has 0 saturated carbocycles. The summed E-state index contributed by atoms with van der Waals surface area (Å²) in [5.41, 5.74) is 6.09. The van der Waals surface area contributed by atoms with Crippen molar-refractivity contribution in [1.29, 1.82) is 0 Å². The molecule has 1 heterocycles. The van der Waals surface area contributed by atoms with E-state index in [9.17, 15) is 9.59 Å². The van der Waals surface area contributed by atoms with Crippen LogP contribution in [0.2, 0.25) is 0 Å². The maximum Gasteiger partial charge on any atom is 0.126 e. The molecular weight excluding hydrogens is 502 g/mol. The predicted octanol–water partition coefficient (Wildman–Crippen LogP) is 8.02. The first kappa shape index (κ1) is 33.8. The van der Waals surface area contributed by atoms with Crippen molar-refractivity contribution in [3.05, 3.63) is 89.2 Å². The van der Waals surface area contributed by atoms with E-state index >= 15 is 0 Å². The molecule has 0 saturated heterocycles. The van der Waals surface area contributed by atoms with Crippen molar-refractivity contribution in [2.75, 3.05) is 0 Å². The smallest absolute Gasteiger partial charge is 0.126 e. The van der Waals surface area contributed by atoms with Gasteiger partial charge < -0.3 is 9.59 Å². The Bertz CT molecular complexity index is 1090. The summed E-state index contributed by atoms with van der Waals surface area (Å²) in [6, 6.07) is 22.4. The van der Waals surface area contributed by atoms with Gasteiger partial charge in [-0.15, -0.1) is 0 Å². The molecule has 0 aliphatic heterocycles. The average Bonchev–Trinajstić information content (AvgIpc) is 2.81. The van der Waals surface area contributed by atoms with Crippen molar-refractivity contribution < 1.29 is 26.7 Å². The normalized spacial score (nSPS) is 10.4. The van der Waals surface area contributed by atoms with Crippen LogP contribution in [-0.2, 0) is 26.7 Å². The number of carbonyl (C=O) groups is 2. The van der Waals surface area contributed by atoms with Crippen molar-refractivity contribution in [1.82, 2.24) is 4.98 Å². The second kappa shape index (κ2) is 18.1. The molecule has 6 heteroatoms. The van der Waals surface area contributed by atoms with Crippen LogP contribution in [-0.4, -0.2) is 29.0 Å². The van der Waals surface area contributed by atoms with Crippen LogP contribution in [0.25, 0.3) is 0 Å². The molecule has 37 heavy (non-hydrogen) atoms. The van der Waals surface area contributed by atoms with Gasteiger partial charge in [-0.25, -0.2) is 4.98 Å². The molecule has 3 rings (SSSR count). The standard InChI is InChI=1S/C25H27N3.2C3H6O.Fe/c1-18(2)22-12-5-7-14-24(22)26-16-20-10-9-11-21(28-20)17-27-25-15-8-6-13-23(25)19(3)4;2*1-3(2)4;/h5-19H,1-4H3;2*1-2H3;. The summed E-state index contributed by atoms with van der Waals surface area (Å²) >= 11 is 0. The maximum absolute atomic E-state index is 9.44. The largest absolute Gasteiger partial charge is 0.300 e. The SMILES string of the molecule is CC(C)=O.CC(C)=O.CC(C)c1ccccc1N=Cc1cccc(C=Nc2ccccc2C(C)C)n1.[Fe]. The fraction of sp³-hybridized carbons (Fsp3) is 0.323. The van der Waals surface area contributed by atoms with Gasteiger partial charge in [0.2, 0.25) is 0 Å². The van der Waals surface area contributed by atoms with Crippen LogP contribution in [0.4, 0.5) is 11.4 Å². The Labute approximate surface area is 233 Å². The molecule has 0 atom stereocenters. The van der Waals surface area contributed by atoms with Crippen LogP contribution >= 0.6 is 0 Å². The van der Waals surface area contributed by atoms with E-state index in [1.807, 2.05) is 54.9 Å². The molecule has 5 nitrogen and oxygen atoms in total. The van der Waals surface area contributed by atoms with Crippen molar-refractivity contribution in [3.8, 4) is 0 Å². The third kappa shape index (κ3) is 14.2. The topological polar surface area (TPSA) is 71.8 Å². The van der Waals surface area contributed by atoms with Gasteiger partial charge in [0, 0.05) is 17.1 Å². The van der Waals surface area contributed by atoms with Crippen molar-refractivity contribution >= 4 is 35.4 Å². The minimum Gasteiger partial charge on any atom is -0.300 e. The molecular formula is C31H39FeN3O2. The van der Waals surface area contributed by atoms with Crippen LogP contribution in [0.1, 0.15) is 89.7 Å². The molecule has 2 aromatic carbocycles. The van der Waals surface area contributed by atoms with E-state index in [1.165, 1.54) is 38.8 Å². The maximum atomic E-state index is 9.44. The second-order valence-corrected chi connectivity index (χ2v) is 9.25. The zero-order valence-electron chi connectivity index (χ0n) is 23.2. The van der Waals surface area contributed by atoms with E-state index in [-0.39, 0.29) is 28.6 Å². The number of aromatic nitrogens is 1. The van der Waals surface area contributed by atoms with E-state index in [0.717, 1.165) is 22.8 Å². The molecule has 0 aliphatic carbocycles. The summed E-state index contributed by atoms with van der Waals surface area (Å²) in [6.45, 7) is 14.8. The molecule has 0 radical (unpaired) electrons. The number of rotatable bonds is 6. The second-order valence-electron chi connectivity index (χ2n) is 9.25. The van der Waals surface area contributed by atoms with E-state index < -0.39 is 0 Å². The Kier molecular flexibility index (Phi) is 16.5. The predicted molar refractivity (Wildman–Crippen MR) is 153 cm³/mol. The summed E-state index contributed by atoms with van der Waals surface area (Å²) in [4.78, 5) is 32.9. The summed E-state index contributed by atoms with van der Waals surface area (Å²) in [5, 5.41) is 0. The summed E-state index contributed by atoms with van der Waals surface area (Å²) in [7, 11) is 0. The Morgan fingerprint density at radius 3 is 1.27 bits per heavy atom. The molecule has 0 fully saturated rings. The van der Waals surface area contributed by atoms with E-state index in [2.05, 4.69) is 66.9 Å². The number of nitrogens with zero attached hydrogens (tertiary/aromatic N) is 3. The third-order valence-electron chi connectivity index (χ3n) is 4.58. The molecule has 0 N–H and O–H groups in total. The molecule has 0 unspecified atom stereocenters. The molecule has 3 aromatic rings. The summed E-state index contributed by atoms with van der Waals surface area (Å²) < 4.78 is 0. The van der Waals surface area contributed by atoms with Gasteiger partial charge in [-0.05, 0) is 74.9 Å². The zero-order valence-corrected chi connectivity index (χ0v) is 24.3. The van der Waals surface area contributed by atoms with Crippen LogP contribution < -0.4 is 0 Å². The number of hydrogen-bond acceptors (Lipinski definition) is 5. The summed E-state index contributed by atoms with van der Waals surface area (Å²) in [5.74, 6) is 1.20. The minimum atomic E-state index is 0. The first-order valence-electron chi connectivity index (χ1n) is 12.2. The van der Waals surface area contributed by atoms with Crippen molar-refractivity contribution in [3.63, 3.8) is 0 Å². The number of pyridine rings is 1. The van der Waals surface area contributed by atoms with Gasteiger partial charge in [0.1, 0.15) is 11.6 Å². The number of hydrogen-bond donors (Lipinski definition) is 0. The van der Waals surface area contributed by atoms with Crippen molar-refractivity contribution in [2.45, 2.75) is 67.2 Å². The van der Waals surface area contributed by atoms with Gasteiger partial charge in [-0.2, -0.15) is 0 Å². The van der Waals surface area contributed by atoms with Crippen LogP contribution in [0, 0.1) is 0 Å². The molecule has 0 spiro atoms. The number of ketones is 2. The van der Waals surface area contributed by atoms with Gasteiger partial charge in [-0.3, -0.25) is 9.98 Å². The van der Waals surface area contributed by atoms with Crippen LogP contribution in [0.15, 0.2) is 76.7 Å².